The molecule has 1 heterocycles. The zero-order valence-electron chi connectivity index (χ0n) is 17.7. The van der Waals surface area contributed by atoms with Gasteiger partial charge in [-0.25, -0.2) is 4.79 Å². The summed E-state index contributed by atoms with van der Waals surface area (Å²) in [5.74, 6) is -2.80. The van der Waals surface area contributed by atoms with E-state index in [-0.39, 0.29) is 11.1 Å². The van der Waals surface area contributed by atoms with Crippen molar-refractivity contribution >= 4 is 40.2 Å². The molecule has 1 aliphatic heterocycles. The van der Waals surface area contributed by atoms with E-state index in [0.717, 1.165) is 15.7 Å². The number of carbonyl (C=O) groups excluding carboxylic acids is 4. The third-order valence-electron chi connectivity index (χ3n) is 5.39. The molecule has 4 rings (SSSR count). The molecular weight excluding hydrogens is 408 g/mol. The van der Waals surface area contributed by atoms with Gasteiger partial charge in [0.05, 0.1) is 11.1 Å². The topological polar surface area (TPSA) is 92.8 Å². The Balaban J connectivity index is 1.46. The second kappa shape index (κ2) is 8.63. The summed E-state index contributed by atoms with van der Waals surface area (Å²) in [6.45, 7) is 2.89. The molecule has 1 aliphatic rings. The number of amides is 3. The number of benzene rings is 3. The number of esters is 1. The van der Waals surface area contributed by atoms with Crippen molar-refractivity contribution in [2.45, 2.75) is 19.9 Å². The lowest BCUT2D eigenvalue weighted by atomic mass is 10.0. The molecule has 0 bridgehead atoms. The number of nitrogens with one attached hydrogen (secondary N) is 1. The summed E-state index contributed by atoms with van der Waals surface area (Å²) in [4.78, 5) is 51.8. The van der Waals surface area contributed by atoms with Gasteiger partial charge in [0.25, 0.3) is 17.7 Å². The minimum absolute atomic E-state index is 0.254. The van der Waals surface area contributed by atoms with Gasteiger partial charge in [-0.05, 0) is 29.5 Å². The predicted octanol–water partition coefficient (Wildman–Crippen LogP) is 3.64. The van der Waals surface area contributed by atoms with Gasteiger partial charge in [-0.15, -0.1) is 0 Å². The van der Waals surface area contributed by atoms with Crippen LogP contribution in [0.1, 0.15) is 34.6 Å². The number of anilines is 1. The number of carbonyl (C=O) groups is 4. The first-order chi connectivity index (χ1) is 15.4. The quantitative estimate of drug-likeness (QED) is 0.476. The Kier molecular flexibility index (Phi) is 5.73. The van der Waals surface area contributed by atoms with Crippen molar-refractivity contribution in [1.82, 2.24) is 4.90 Å². The number of hydrogen-bond donors (Lipinski definition) is 1. The van der Waals surface area contributed by atoms with Crippen LogP contribution in [0.25, 0.3) is 10.8 Å². The molecule has 1 atom stereocenters. The van der Waals surface area contributed by atoms with E-state index in [9.17, 15) is 19.2 Å². The Labute approximate surface area is 185 Å². The smallest absolute Gasteiger partial charge is 0.330 e. The highest BCUT2D eigenvalue weighted by Crippen LogP contribution is 2.28. The molecule has 0 spiro atoms. The first-order valence-corrected chi connectivity index (χ1v) is 10.3. The van der Waals surface area contributed by atoms with Crippen molar-refractivity contribution in [3.63, 3.8) is 0 Å². The number of nitrogens with zero attached hydrogens (tertiary/aromatic N) is 1. The van der Waals surface area contributed by atoms with E-state index in [1.54, 1.807) is 44.2 Å². The lowest BCUT2D eigenvalue weighted by Gasteiger charge is -2.27. The molecular formula is C25H22N2O5. The van der Waals surface area contributed by atoms with Crippen molar-refractivity contribution in [3.05, 3.63) is 77.9 Å². The lowest BCUT2D eigenvalue weighted by molar-refractivity contribution is -0.152. The van der Waals surface area contributed by atoms with Gasteiger partial charge in [0.2, 0.25) is 0 Å². The van der Waals surface area contributed by atoms with Crippen molar-refractivity contribution in [2.24, 2.45) is 5.92 Å². The minimum atomic E-state index is -1.13. The average molecular weight is 430 g/mol. The normalized spacial score (nSPS) is 13.9. The summed E-state index contributed by atoms with van der Waals surface area (Å²) in [7, 11) is 0. The van der Waals surface area contributed by atoms with Crippen LogP contribution in [0.15, 0.2) is 66.7 Å². The zero-order valence-corrected chi connectivity index (χ0v) is 17.7. The third-order valence-corrected chi connectivity index (χ3v) is 5.39. The zero-order chi connectivity index (χ0) is 22.8. The molecule has 0 saturated heterocycles. The van der Waals surface area contributed by atoms with E-state index in [4.69, 9.17) is 4.74 Å². The van der Waals surface area contributed by atoms with Gasteiger partial charge in [-0.1, -0.05) is 62.4 Å². The predicted molar refractivity (Wildman–Crippen MR) is 119 cm³/mol. The maximum Gasteiger partial charge on any atom is 0.330 e. The van der Waals surface area contributed by atoms with Crippen LogP contribution in [0.5, 0.6) is 0 Å². The summed E-state index contributed by atoms with van der Waals surface area (Å²) in [5, 5.41) is 4.57. The van der Waals surface area contributed by atoms with Crippen LogP contribution in [0.3, 0.4) is 0 Å². The number of imide groups is 1. The van der Waals surface area contributed by atoms with Gasteiger partial charge in [0.15, 0.2) is 6.61 Å². The molecule has 1 N–H and O–H groups in total. The van der Waals surface area contributed by atoms with Gasteiger partial charge >= 0.3 is 5.97 Å². The van der Waals surface area contributed by atoms with E-state index < -0.39 is 42.3 Å². The lowest BCUT2D eigenvalue weighted by Crippen LogP contribution is -2.49. The van der Waals surface area contributed by atoms with Crippen molar-refractivity contribution < 1.29 is 23.9 Å². The minimum Gasteiger partial charge on any atom is -0.454 e. The fourth-order valence-corrected chi connectivity index (χ4v) is 3.88. The molecule has 0 aromatic heterocycles. The fraction of sp³-hybridized carbons (Fsp3) is 0.200. The van der Waals surface area contributed by atoms with Crippen LogP contribution < -0.4 is 5.32 Å². The SMILES string of the molecule is CC(C)[C@@H](C(=O)OCC(=O)Nc1cccc2ccccc12)N1C(=O)c2ccccc2C1=O. The van der Waals surface area contributed by atoms with Crippen LogP contribution in [0.2, 0.25) is 0 Å². The van der Waals surface area contributed by atoms with Gasteiger partial charge < -0.3 is 10.1 Å². The highest BCUT2D eigenvalue weighted by Gasteiger charge is 2.44. The van der Waals surface area contributed by atoms with E-state index in [2.05, 4.69) is 5.32 Å². The van der Waals surface area contributed by atoms with Gasteiger partial charge in [-0.3, -0.25) is 19.3 Å². The largest absolute Gasteiger partial charge is 0.454 e. The Morgan fingerprint density at radius 3 is 2.12 bits per heavy atom. The number of rotatable bonds is 6. The molecule has 3 aromatic rings. The fourth-order valence-electron chi connectivity index (χ4n) is 3.88. The monoisotopic (exact) mass is 430 g/mol. The highest BCUT2D eigenvalue weighted by atomic mass is 16.5. The van der Waals surface area contributed by atoms with Crippen LogP contribution in [0, 0.1) is 5.92 Å². The number of hydrogen-bond acceptors (Lipinski definition) is 5. The van der Waals surface area contributed by atoms with Crippen molar-refractivity contribution in [3.8, 4) is 0 Å². The van der Waals surface area contributed by atoms with E-state index >= 15 is 0 Å². The maximum absolute atomic E-state index is 12.8. The van der Waals surface area contributed by atoms with E-state index in [1.165, 1.54) is 0 Å². The summed E-state index contributed by atoms with van der Waals surface area (Å²) < 4.78 is 5.22. The summed E-state index contributed by atoms with van der Waals surface area (Å²) >= 11 is 0. The van der Waals surface area contributed by atoms with Gasteiger partial charge in [0.1, 0.15) is 6.04 Å². The molecule has 0 fully saturated rings. The summed E-state index contributed by atoms with van der Waals surface area (Å²) in [6.07, 6.45) is 0. The Morgan fingerprint density at radius 1 is 0.875 bits per heavy atom. The first-order valence-electron chi connectivity index (χ1n) is 10.3. The molecule has 3 aromatic carbocycles. The average Bonchev–Trinajstić information content (AvgIpc) is 3.03. The standard InChI is InChI=1S/C25H22N2O5/c1-15(2)22(27-23(29)18-11-5-6-12-19(18)24(27)30)25(31)32-14-21(28)26-20-13-7-9-16-8-3-4-10-17(16)20/h3-13,15,22H,14H2,1-2H3,(H,26,28)/t22-/m0/s1. The molecule has 7 heteroatoms. The summed E-state index contributed by atoms with van der Waals surface area (Å²) in [6, 6.07) is 18.4. The number of fused-ring (bicyclic) bond motifs is 2. The van der Waals surface area contributed by atoms with Crippen molar-refractivity contribution in [2.75, 3.05) is 11.9 Å². The highest BCUT2D eigenvalue weighted by molar-refractivity contribution is 6.22. The molecule has 162 valence electrons. The molecule has 0 saturated carbocycles. The second-order valence-electron chi connectivity index (χ2n) is 7.90. The van der Waals surface area contributed by atoms with Crippen LogP contribution in [-0.2, 0) is 14.3 Å². The molecule has 0 aliphatic carbocycles. The second-order valence-corrected chi connectivity index (χ2v) is 7.90. The van der Waals surface area contributed by atoms with Gasteiger partial charge in [0, 0.05) is 11.1 Å². The Morgan fingerprint density at radius 2 is 1.47 bits per heavy atom. The third kappa shape index (κ3) is 3.85. The summed E-state index contributed by atoms with van der Waals surface area (Å²) in [5.41, 5.74) is 1.11. The van der Waals surface area contributed by atoms with Crippen LogP contribution >= 0.6 is 0 Å². The molecule has 7 nitrogen and oxygen atoms in total. The van der Waals surface area contributed by atoms with E-state index in [0.29, 0.717) is 5.69 Å². The Hall–Kier alpha value is -4.00. The van der Waals surface area contributed by atoms with Crippen LogP contribution in [0.4, 0.5) is 5.69 Å². The molecule has 32 heavy (non-hydrogen) atoms. The van der Waals surface area contributed by atoms with E-state index in [1.807, 2.05) is 36.4 Å². The van der Waals surface area contributed by atoms with Crippen molar-refractivity contribution in [1.29, 1.82) is 0 Å². The molecule has 0 unspecified atom stereocenters. The van der Waals surface area contributed by atoms with Crippen LogP contribution in [-0.4, -0.2) is 41.2 Å². The maximum atomic E-state index is 12.8. The number of ether oxygens (including phenoxy) is 1. The molecule has 0 radical (unpaired) electrons. The Bertz CT molecular complexity index is 1190. The van der Waals surface area contributed by atoms with Gasteiger partial charge in [-0.2, -0.15) is 0 Å². The first kappa shape index (κ1) is 21.2. The molecule has 3 amide bonds.